The molecular formula is C11H16O3S. The first-order valence-corrected chi connectivity index (χ1v) is 6.25. The van der Waals surface area contributed by atoms with Crippen LogP contribution in [0.3, 0.4) is 0 Å². The number of ether oxygens (including phenoxy) is 2. The zero-order chi connectivity index (χ0) is 10.5. The minimum absolute atomic E-state index is 0.00143. The maximum Gasteiger partial charge on any atom is 0.158 e. The fourth-order valence-corrected chi connectivity index (χ4v) is 2.42. The molecule has 0 aliphatic carbocycles. The highest BCUT2D eigenvalue weighted by molar-refractivity contribution is 7.99. The Labute approximate surface area is 94.1 Å². The highest BCUT2D eigenvalue weighted by Gasteiger charge is 2.14. The second-order valence-corrected chi connectivity index (χ2v) is 4.64. The van der Waals surface area contributed by atoms with Crippen LogP contribution in [0.2, 0.25) is 0 Å². The molecule has 3 nitrogen and oxygen atoms in total. The van der Waals surface area contributed by atoms with Gasteiger partial charge in [0, 0.05) is 17.1 Å². The van der Waals surface area contributed by atoms with Crippen LogP contribution in [0.25, 0.3) is 0 Å². The SMILES string of the molecule is Cc1occc1SCCC1OCCCO1. The summed E-state index contributed by atoms with van der Waals surface area (Å²) in [6, 6.07) is 2.00. The minimum atomic E-state index is -0.00143. The molecular weight excluding hydrogens is 212 g/mol. The fourth-order valence-electron chi connectivity index (χ4n) is 1.49. The summed E-state index contributed by atoms with van der Waals surface area (Å²) < 4.78 is 16.2. The molecule has 84 valence electrons. The molecule has 1 aliphatic rings. The summed E-state index contributed by atoms with van der Waals surface area (Å²) in [6.07, 6.45) is 3.68. The average Bonchev–Trinajstić information content (AvgIpc) is 2.66. The lowest BCUT2D eigenvalue weighted by atomic mass is 10.4. The summed E-state index contributed by atoms with van der Waals surface area (Å²) in [4.78, 5) is 1.21. The van der Waals surface area contributed by atoms with Gasteiger partial charge in [-0.15, -0.1) is 11.8 Å². The van der Waals surface area contributed by atoms with E-state index in [0.717, 1.165) is 37.6 Å². The predicted molar refractivity (Wildman–Crippen MR) is 59.1 cm³/mol. The third kappa shape index (κ3) is 3.26. The van der Waals surface area contributed by atoms with E-state index in [4.69, 9.17) is 13.9 Å². The maximum atomic E-state index is 5.47. The normalized spacial score (nSPS) is 18.2. The Morgan fingerprint density at radius 3 is 2.87 bits per heavy atom. The zero-order valence-electron chi connectivity index (χ0n) is 8.90. The molecule has 1 fully saturated rings. The molecule has 0 unspecified atom stereocenters. The largest absolute Gasteiger partial charge is 0.468 e. The third-order valence-corrected chi connectivity index (χ3v) is 3.49. The Balaban J connectivity index is 1.68. The number of rotatable bonds is 4. The summed E-state index contributed by atoms with van der Waals surface area (Å²) in [6.45, 7) is 3.65. The number of furan rings is 1. The molecule has 2 heterocycles. The van der Waals surface area contributed by atoms with Crippen molar-refractivity contribution < 1.29 is 13.9 Å². The van der Waals surface area contributed by atoms with Crippen LogP contribution in [0.1, 0.15) is 18.6 Å². The maximum absolute atomic E-state index is 5.47. The second-order valence-electron chi connectivity index (χ2n) is 3.50. The molecule has 1 aromatic heterocycles. The molecule has 0 radical (unpaired) electrons. The Hall–Kier alpha value is -0.450. The predicted octanol–water partition coefficient (Wildman–Crippen LogP) is 2.83. The first-order chi connectivity index (χ1) is 7.36. The summed E-state index contributed by atoms with van der Waals surface area (Å²) in [5.74, 6) is 2.00. The molecule has 1 aromatic rings. The van der Waals surface area contributed by atoms with E-state index in [1.165, 1.54) is 4.90 Å². The van der Waals surface area contributed by atoms with Crippen molar-refractivity contribution in [2.45, 2.75) is 31.0 Å². The highest BCUT2D eigenvalue weighted by atomic mass is 32.2. The van der Waals surface area contributed by atoms with Gasteiger partial charge in [-0.3, -0.25) is 0 Å². The van der Waals surface area contributed by atoms with Crippen molar-refractivity contribution >= 4 is 11.8 Å². The van der Waals surface area contributed by atoms with Gasteiger partial charge in [-0.2, -0.15) is 0 Å². The Bertz CT molecular complexity index is 292. The van der Waals surface area contributed by atoms with Gasteiger partial charge in [0.15, 0.2) is 6.29 Å². The van der Waals surface area contributed by atoms with E-state index >= 15 is 0 Å². The van der Waals surface area contributed by atoms with Crippen LogP contribution in [0.5, 0.6) is 0 Å². The number of hydrogen-bond acceptors (Lipinski definition) is 4. The highest BCUT2D eigenvalue weighted by Crippen LogP contribution is 2.24. The summed E-state index contributed by atoms with van der Waals surface area (Å²) in [5, 5.41) is 0. The summed E-state index contributed by atoms with van der Waals surface area (Å²) in [7, 11) is 0. The Morgan fingerprint density at radius 2 is 2.20 bits per heavy atom. The molecule has 0 atom stereocenters. The molecule has 2 rings (SSSR count). The van der Waals surface area contributed by atoms with Crippen LogP contribution in [-0.4, -0.2) is 25.3 Å². The minimum Gasteiger partial charge on any atom is -0.468 e. The van der Waals surface area contributed by atoms with Gasteiger partial charge >= 0.3 is 0 Å². The van der Waals surface area contributed by atoms with Gasteiger partial charge in [0.25, 0.3) is 0 Å². The van der Waals surface area contributed by atoms with Crippen LogP contribution in [0.4, 0.5) is 0 Å². The molecule has 4 heteroatoms. The van der Waals surface area contributed by atoms with Crippen LogP contribution in [0, 0.1) is 6.92 Å². The van der Waals surface area contributed by atoms with E-state index in [1.54, 1.807) is 18.0 Å². The van der Waals surface area contributed by atoms with Crippen LogP contribution < -0.4 is 0 Å². The molecule has 1 saturated heterocycles. The van der Waals surface area contributed by atoms with Gasteiger partial charge in [-0.05, 0) is 19.4 Å². The van der Waals surface area contributed by atoms with Gasteiger partial charge in [0.05, 0.1) is 19.5 Å². The first-order valence-electron chi connectivity index (χ1n) is 5.26. The molecule has 0 spiro atoms. The number of thioether (sulfide) groups is 1. The van der Waals surface area contributed by atoms with E-state index in [2.05, 4.69) is 0 Å². The van der Waals surface area contributed by atoms with Crippen molar-refractivity contribution in [1.29, 1.82) is 0 Å². The second kappa shape index (κ2) is 5.58. The van der Waals surface area contributed by atoms with Crippen molar-refractivity contribution in [3.8, 4) is 0 Å². The monoisotopic (exact) mass is 228 g/mol. The lowest BCUT2D eigenvalue weighted by molar-refractivity contribution is -0.178. The third-order valence-electron chi connectivity index (χ3n) is 2.32. The van der Waals surface area contributed by atoms with Crippen molar-refractivity contribution in [2.75, 3.05) is 19.0 Å². The molecule has 0 N–H and O–H groups in total. The van der Waals surface area contributed by atoms with Crippen LogP contribution in [0.15, 0.2) is 21.6 Å². The van der Waals surface area contributed by atoms with Crippen molar-refractivity contribution in [3.05, 3.63) is 18.1 Å². The number of hydrogen-bond donors (Lipinski definition) is 0. The summed E-state index contributed by atoms with van der Waals surface area (Å²) >= 11 is 1.79. The van der Waals surface area contributed by atoms with Crippen molar-refractivity contribution in [2.24, 2.45) is 0 Å². The summed E-state index contributed by atoms with van der Waals surface area (Å²) in [5.41, 5.74) is 0. The van der Waals surface area contributed by atoms with Gasteiger partial charge < -0.3 is 13.9 Å². The van der Waals surface area contributed by atoms with E-state index in [9.17, 15) is 0 Å². The van der Waals surface area contributed by atoms with Gasteiger partial charge in [-0.1, -0.05) is 0 Å². The Kier molecular flexibility index (Phi) is 4.11. The van der Waals surface area contributed by atoms with Gasteiger partial charge in [0.2, 0.25) is 0 Å². The standard InChI is InChI=1S/C11H16O3S/c1-9-10(3-7-12-9)15-8-4-11-13-5-2-6-14-11/h3,7,11H,2,4-6,8H2,1H3. The first kappa shape index (κ1) is 11.0. The van der Waals surface area contributed by atoms with Crippen LogP contribution >= 0.6 is 11.8 Å². The van der Waals surface area contributed by atoms with Gasteiger partial charge in [0.1, 0.15) is 5.76 Å². The molecule has 0 aromatic carbocycles. The lowest BCUT2D eigenvalue weighted by Gasteiger charge is -2.22. The van der Waals surface area contributed by atoms with E-state index in [1.807, 2.05) is 13.0 Å². The molecule has 0 amide bonds. The topological polar surface area (TPSA) is 31.6 Å². The molecule has 0 bridgehead atoms. The quantitative estimate of drug-likeness (QED) is 0.742. The van der Waals surface area contributed by atoms with Crippen molar-refractivity contribution in [1.82, 2.24) is 0 Å². The van der Waals surface area contributed by atoms with Crippen molar-refractivity contribution in [3.63, 3.8) is 0 Å². The lowest BCUT2D eigenvalue weighted by Crippen LogP contribution is -2.25. The molecule has 0 saturated carbocycles. The van der Waals surface area contributed by atoms with E-state index in [0.29, 0.717) is 0 Å². The Morgan fingerprint density at radius 1 is 1.40 bits per heavy atom. The molecule has 1 aliphatic heterocycles. The molecule has 15 heavy (non-hydrogen) atoms. The zero-order valence-corrected chi connectivity index (χ0v) is 9.72. The van der Waals surface area contributed by atoms with Crippen LogP contribution in [-0.2, 0) is 9.47 Å². The average molecular weight is 228 g/mol. The van der Waals surface area contributed by atoms with E-state index < -0.39 is 0 Å². The van der Waals surface area contributed by atoms with Gasteiger partial charge in [-0.25, -0.2) is 0 Å². The smallest absolute Gasteiger partial charge is 0.158 e. The number of aryl methyl sites for hydroxylation is 1. The van der Waals surface area contributed by atoms with E-state index in [-0.39, 0.29) is 6.29 Å². The fraction of sp³-hybridized carbons (Fsp3) is 0.636.